The number of ether oxygens (including phenoxy) is 2. The van der Waals surface area contributed by atoms with Gasteiger partial charge in [-0.3, -0.25) is 19.3 Å². The molecule has 1 aromatic rings. The topological polar surface area (TPSA) is 84.9 Å². The standard InChI is InChI=1S/C24H28N2O5S/c1-26-20(27)24(32-22(26)29,31-17-19-10-14-25-15-11-19)23(12-6-3-7-13-23)21(28)30-16-18-8-4-2-5-9-18/h2-9,12,19,25H,10-11,13-17H2,1H3. The normalized spacial score (nSPS) is 28.3. The summed E-state index contributed by atoms with van der Waals surface area (Å²) in [6.07, 6.45) is 9.07. The molecule has 2 heterocycles. The van der Waals surface area contributed by atoms with E-state index < -0.39 is 27.5 Å². The van der Waals surface area contributed by atoms with Crippen molar-refractivity contribution in [2.75, 3.05) is 26.7 Å². The molecule has 32 heavy (non-hydrogen) atoms. The van der Waals surface area contributed by atoms with Crippen LogP contribution in [-0.4, -0.2) is 53.7 Å². The summed E-state index contributed by atoms with van der Waals surface area (Å²) in [5, 5.41) is 2.88. The third-order valence-corrected chi connectivity index (χ3v) is 7.70. The van der Waals surface area contributed by atoms with Gasteiger partial charge in [-0.2, -0.15) is 0 Å². The second-order valence-corrected chi connectivity index (χ2v) is 9.51. The monoisotopic (exact) mass is 456 g/mol. The second-order valence-electron chi connectivity index (χ2n) is 8.38. The molecule has 1 aliphatic carbocycles. The van der Waals surface area contributed by atoms with E-state index in [2.05, 4.69) is 5.32 Å². The van der Waals surface area contributed by atoms with Crippen LogP contribution in [0.2, 0.25) is 0 Å². The zero-order valence-corrected chi connectivity index (χ0v) is 18.9. The number of benzene rings is 1. The Morgan fingerprint density at radius 2 is 1.94 bits per heavy atom. The molecule has 0 saturated carbocycles. The molecule has 2 aliphatic heterocycles. The number of esters is 1. The van der Waals surface area contributed by atoms with Crippen molar-refractivity contribution in [2.45, 2.75) is 30.8 Å². The van der Waals surface area contributed by atoms with Gasteiger partial charge in [0.2, 0.25) is 4.93 Å². The highest BCUT2D eigenvalue weighted by Crippen LogP contribution is 2.54. The van der Waals surface area contributed by atoms with Crippen LogP contribution in [0, 0.1) is 11.3 Å². The van der Waals surface area contributed by atoms with Crippen molar-refractivity contribution < 1.29 is 23.9 Å². The van der Waals surface area contributed by atoms with E-state index in [0.29, 0.717) is 6.61 Å². The number of amides is 2. The molecule has 170 valence electrons. The molecule has 0 bridgehead atoms. The molecular formula is C24H28N2O5S. The average Bonchev–Trinajstić information content (AvgIpc) is 3.07. The number of hydrogen-bond acceptors (Lipinski definition) is 7. The first-order chi connectivity index (χ1) is 15.5. The molecule has 2 fully saturated rings. The van der Waals surface area contributed by atoms with E-state index in [-0.39, 0.29) is 18.9 Å². The highest BCUT2D eigenvalue weighted by molar-refractivity contribution is 8.16. The van der Waals surface area contributed by atoms with Gasteiger partial charge < -0.3 is 14.8 Å². The summed E-state index contributed by atoms with van der Waals surface area (Å²) >= 11 is 0.787. The van der Waals surface area contributed by atoms with Gasteiger partial charge in [0.1, 0.15) is 12.0 Å². The van der Waals surface area contributed by atoms with E-state index in [1.54, 1.807) is 12.2 Å². The Labute approximate surface area is 192 Å². The minimum Gasteiger partial charge on any atom is -0.460 e. The van der Waals surface area contributed by atoms with Crippen molar-refractivity contribution in [3.05, 3.63) is 60.2 Å². The van der Waals surface area contributed by atoms with Crippen LogP contribution in [0.5, 0.6) is 0 Å². The summed E-state index contributed by atoms with van der Waals surface area (Å²) in [4.78, 5) is 39.1. The third kappa shape index (κ3) is 4.14. The van der Waals surface area contributed by atoms with Crippen LogP contribution >= 0.6 is 11.8 Å². The zero-order chi connectivity index (χ0) is 22.6. The number of nitrogens with zero attached hydrogens (tertiary/aromatic N) is 1. The molecule has 7 nitrogen and oxygen atoms in total. The number of carbonyl (C=O) groups excluding carboxylic acids is 3. The molecule has 1 N–H and O–H groups in total. The summed E-state index contributed by atoms with van der Waals surface area (Å²) in [5.74, 6) is -0.836. The van der Waals surface area contributed by atoms with E-state index in [1.165, 1.54) is 7.05 Å². The molecule has 0 aromatic heterocycles. The lowest BCUT2D eigenvalue weighted by Crippen LogP contribution is -2.58. The Morgan fingerprint density at radius 1 is 1.19 bits per heavy atom. The highest BCUT2D eigenvalue weighted by atomic mass is 32.2. The fourth-order valence-electron chi connectivity index (χ4n) is 4.33. The third-order valence-electron chi connectivity index (χ3n) is 6.30. The minimum absolute atomic E-state index is 0.0754. The molecule has 8 heteroatoms. The van der Waals surface area contributed by atoms with Crippen LogP contribution in [-0.2, 0) is 25.7 Å². The minimum atomic E-state index is -1.70. The predicted molar refractivity (Wildman–Crippen MR) is 122 cm³/mol. The van der Waals surface area contributed by atoms with Crippen LogP contribution < -0.4 is 5.32 Å². The van der Waals surface area contributed by atoms with E-state index in [1.807, 2.05) is 42.5 Å². The average molecular weight is 457 g/mol. The van der Waals surface area contributed by atoms with Gasteiger partial charge in [0.15, 0.2) is 0 Å². The number of nitrogens with one attached hydrogen (secondary N) is 1. The Hall–Kier alpha value is -2.42. The van der Waals surface area contributed by atoms with Crippen molar-refractivity contribution in [3.63, 3.8) is 0 Å². The number of thioether (sulfide) groups is 1. The Kier molecular flexibility index (Phi) is 6.83. The first-order valence-corrected chi connectivity index (χ1v) is 11.7. The van der Waals surface area contributed by atoms with E-state index in [9.17, 15) is 14.4 Å². The van der Waals surface area contributed by atoms with Crippen molar-refractivity contribution >= 4 is 28.9 Å². The maximum absolute atomic E-state index is 13.6. The lowest BCUT2D eigenvalue weighted by molar-refractivity contribution is -0.175. The second kappa shape index (κ2) is 9.60. The van der Waals surface area contributed by atoms with Crippen molar-refractivity contribution in [1.82, 2.24) is 10.2 Å². The predicted octanol–water partition coefficient (Wildman–Crippen LogP) is 3.27. The van der Waals surface area contributed by atoms with Gasteiger partial charge in [-0.15, -0.1) is 0 Å². The van der Waals surface area contributed by atoms with Crippen LogP contribution in [0.3, 0.4) is 0 Å². The first kappa shape index (κ1) is 22.8. The molecule has 2 atom stereocenters. The van der Waals surface area contributed by atoms with Crippen molar-refractivity contribution in [1.29, 1.82) is 0 Å². The Morgan fingerprint density at radius 3 is 2.56 bits per heavy atom. The summed E-state index contributed by atoms with van der Waals surface area (Å²) in [6, 6.07) is 9.37. The summed E-state index contributed by atoms with van der Waals surface area (Å²) < 4.78 is 12.0. The number of carbonyl (C=O) groups is 3. The van der Waals surface area contributed by atoms with E-state index in [4.69, 9.17) is 9.47 Å². The highest BCUT2D eigenvalue weighted by Gasteiger charge is 2.68. The Bertz CT molecular complexity index is 928. The molecule has 2 saturated heterocycles. The maximum Gasteiger partial charge on any atom is 0.321 e. The molecule has 0 radical (unpaired) electrons. The van der Waals surface area contributed by atoms with Crippen LogP contribution in [0.1, 0.15) is 24.8 Å². The molecule has 4 rings (SSSR count). The fraction of sp³-hybridized carbons (Fsp3) is 0.458. The van der Waals surface area contributed by atoms with E-state index in [0.717, 1.165) is 48.2 Å². The van der Waals surface area contributed by atoms with Gasteiger partial charge in [-0.1, -0.05) is 54.6 Å². The number of allylic oxidation sites excluding steroid dienone is 3. The summed E-state index contributed by atoms with van der Waals surface area (Å²) in [6.45, 7) is 2.14. The number of hydrogen-bond donors (Lipinski definition) is 1. The van der Waals surface area contributed by atoms with Gasteiger partial charge in [0.25, 0.3) is 11.1 Å². The molecule has 2 amide bonds. The van der Waals surface area contributed by atoms with E-state index >= 15 is 0 Å². The SMILES string of the molecule is CN1C(=O)SC(OCC2CCNCC2)(C2(C(=O)OCc3ccccc3)C=CC=CC2)C1=O. The molecule has 0 spiro atoms. The fourth-order valence-corrected chi connectivity index (χ4v) is 5.56. The number of imide groups is 1. The molecule has 2 unspecified atom stereocenters. The molecule has 3 aliphatic rings. The largest absolute Gasteiger partial charge is 0.460 e. The number of piperidine rings is 1. The van der Waals surface area contributed by atoms with Gasteiger partial charge in [-0.05, 0) is 55.6 Å². The summed E-state index contributed by atoms with van der Waals surface area (Å²) in [5.41, 5.74) is -0.597. The van der Waals surface area contributed by atoms with Crippen LogP contribution in [0.15, 0.2) is 54.6 Å². The number of likely N-dealkylation sites (N-methyl/N-ethyl adjacent to an activating group) is 1. The van der Waals surface area contributed by atoms with Crippen LogP contribution in [0.25, 0.3) is 0 Å². The van der Waals surface area contributed by atoms with Gasteiger partial charge in [0, 0.05) is 7.05 Å². The van der Waals surface area contributed by atoms with Gasteiger partial charge >= 0.3 is 5.97 Å². The molecular weight excluding hydrogens is 428 g/mol. The van der Waals surface area contributed by atoms with Gasteiger partial charge in [0.05, 0.1) is 6.61 Å². The van der Waals surface area contributed by atoms with Crippen molar-refractivity contribution in [3.8, 4) is 0 Å². The smallest absolute Gasteiger partial charge is 0.321 e. The maximum atomic E-state index is 13.6. The zero-order valence-electron chi connectivity index (χ0n) is 18.1. The lowest BCUT2D eigenvalue weighted by atomic mass is 9.75. The molecule has 1 aromatic carbocycles. The lowest BCUT2D eigenvalue weighted by Gasteiger charge is -2.42. The van der Waals surface area contributed by atoms with Crippen LogP contribution in [0.4, 0.5) is 4.79 Å². The number of rotatable bonds is 7. The quantitative estimate of drug-likeness (QED) is 0.631. The van der Waals surface area contributed by atoms with Gasteiger partial charge in [-0.25, -0.2) is 0 Å². The first-order valence-electron chi connectivity index (χ1n) is 10.9. The summed E-state index contributed by atoms with van der Waals surface area (Å²) in [7, 11) is 1.43. The Balaban J connectivity index is 1.65. The van der Waals surface area contributed by atoms with Crippen molar-refractivity contribution in [2.24, 2.45) is 11.3 Å².